The maximum Gasteiger partial charge on any atom is 0.227 e. The molecule has 1 aliphatic rings. The second-order valence-electron chi connectivity index (χ2n) is 5.81. The Morgan fingerprint density at radius 2 is 2.00 bits per heavy atom. The number of amides is 2. The molecule has 1 fully saturated rings. The molecule has 2 amide bonds. The Bertz CT molecular complexity index is 605. The normalized spacial score (nSPS) is 18.4. The highest BCUT2D eigenvalue weighted by Gasteiger charge is 2.35. The Labute approximate surface area is 141 Å². The lowest BCUT2D eigenvalue weighted by molar-refractivity contribution is -0.127. The monoisotopic (exact) mass is 336 g/mol. The molecule has 1 N–H and O–H groups in total. The van der Waals surface area contributed by atoms with Gasteiger partial charge in [0.15, 0.2) is 11.5 Å². The lowest BCUT2D eigenvalue weighted by atomic mass is 10.1. The quantitative estimate of drug-likeness (QED) is 0.810. The van der Waals surface area contributed by atoms with Crippen LogP contribution < -0.4 is 19.7 Å². The molecule has 132 valence electrons. The van der Waals surface area contributed by atoms with Crippen LogP contribution in [0.25, 0.3) is 0 Å². The summed E-state index contributed by atoms with van der Waals surface area (Å²) < 4.78 is 15.5. The minimum atomic E-state index is -0.370. The standard InChI is InChI=1S/C17H24N2O5/c1-11(10-22-2)18-17(21)12-7-16(20)19(9-12)13-5-6-14(23-3)15(8-13)24-4/h5-6,8,11-12H,7,9-10H2,1-4H3,(H,18,21)/t11-,12-/m0/s1. The van der Waals surface area contributed by atoms with Crippen LogP contribution in [0.3, 0.4) is 0 Å². The predicted octanol–water partition coefficient (Wildman–Crippen LogP) is 1.21. The summed E-state index contributed by atoms with van der Waals surface area (Å²) in [4.78, 5) is 26.2. The number of nitrogens with one attached hydrogen (secondary N) is 1. The van der Waals surface area contributed by atoms with Crippen molar-refractivity contribution in [3.05, 3.63) is 18.2 Å². The first kappa shape index (κ1) is 18.1. The molecule has 1 saturated heterocycles. The molecule has 1 aromatic carbocycles. The third kappa shape index (κ3) is 3.97. The summed E-state index contributed by atoms with van der Waals surface area (Å²) in [5.41, 5.74) is 0.692. The van der Waals surface area contributed by atoms with Crippen LogP contribution in [0.4, 0.5) is 5.69 Å². The molecule has 0 unspecified atom stereocenters. The second-order valence-corrected chi connectivity index (χ2v) is 5.81. The average molecular weight is 336 g/mol. The zero-order valence-electron chi connectivity index (χ0n) is 14.5. The van der Waals surface area contributed by atoms with E-state index < -0.39 is 0 Å². The van der Waals surface area contributed by atoms with Gasteiger partial charge in [0, 0.05) is 37.9 Å². The number of hydrogen-bond acceptors (Lipinski definition) is 5. The summed E-state index contributed by atoms with van der Waals surface area (Å²) in [6.45, 7) is 2.65. The van der Waals surface area contributed by atoms with Gasteiger partial charge < -0.3 is 24.4 Å². The Balaban J connectivity index is 2.08. The van der Waals surface area contributed by atoms with E-state index in [0.717, 1.165) is 0 Å². The first-order valence-electron chi connectivity index (χ1n) is 7.81. The van der Waals surface area contributed by atoms with Gasteiger partial charge in [0.05, 0.1) is 26.7 Å². The molecule has 0 spiro atoms. The van der Waals surface area contributed by atoms with Crippen molar-refractivity contribution in [2.45, 2.75) is 19.4 Å². The van der Waals surface area contributed by atoms with Crippen LogP contribution in [0.5, 0.6) is 11.5 Å². The minimum Gasteiger partial charge on any atom is -0.493 e. The molecule has 0 bridgehead atoms. The number of nitrogens with zero attached hydrogens (tertiary/aromatic N) is 1. The Kier molecular flexibility index (Phi) is 6.03. The number of benzene rings is 1. The van der Waals surface area contributed by atoms with Gasteiger partial charge in [0.1, 0.15) is 0 Å². The van der Waals surface area contributed by atoms with Gasteiger partial charge in [-0.1, -0.05) is 0 Å². The van der Waals surface area contributed by atoms with E-state index >= 15 is 0 Å². The van der Waals surface area contributed by atoms with Gasteiger partial charge in [0.25, 0.3) is 0 Å². The molecule has 0 saturated carbocycles. The van der Waals surface area contributed by atoms with Crippen molar-refractivity contribution in [3.63, 3.8) is 0 Å². The van der Waals surface area contributed by atoms with E-state index in [0.29, 0.717) is 30.3 Å². The summed E-state index contributed by atoms with van der Waals surface area (Å²) in [6, 6.07) is 5.18. The molecule has 0 radical (unpaired) electrons. The molecule has 1 heterocycles. The number of methoxy groups -OCH3 is 3. The third-order valence-electron chi connectivity index (χ3n) is 3.98. The molecular weight excluding hydrogens is 312 g/mol. The van der Waals surface area contributed by atoms with Crippen LogP contribution in [0, 0.1) is 5.92 Å². The van der Waals surface area contributed by atoms with E-state index in [1.165, 1.54) is 0 Å². The molecule has 24 heavy (non-hydrogen) atoms. The van der Waals surface area contributed by atoms with Gasteiger partial charge in [-0.3, -0.25) is 9.59 Å². The summed E-state index contributed by atoms with van der Waals surface area (Å²) in [5, 5.41) is 2.87. The van der Waals surface area contributed by atoms with Crippen molar-refractivity contribution in [2.24, 2.45) is 5.92 Å². The van der Waals surface area contributed by atoms with Gasteiger partial charge in [-0.25, -0.2) is 0 Å². The van der Waals surface area contributed by atoms with E-state index in [9.17, 15) is 9.59 Å². The van der Waals surface area contributed by atoms with Gasteiger partial charge in [-0.15, -0.1) is 0 Å². The van der Waals surface area contributed by atoms with Crippen LogP contribution in [0.15, 0.2) is 18.2 Å². The van der Waals surface area contributed by atoms with Crippen LogP contribution in [-0.4, -0.2) is 52.3 Å². The Morgan fingerprint density at radius 3 is 2.62 bits per heavy atom. The fraction of sp³-hybridized carbons (Fsp3) is 0.529. The summed E-state index contributed by atoms with van der Waals surface area (Å²) in [7, 11) is 4.68. The van der Waals surface area contributed by atoms with Crippen molar-refractivity contribution in [2.75, 3.05) is 39.4 Å². The molecular formula is C17H24N2O5. The van der Waals surface area contributed by atoms with Crippen molar-refractivity contribution in [3.8, 4) is 11.5 Å². The highest BCUT2D eigenvalue weighted by Crippen LogP contribution is 2.34. The van der Waals surface area contributed by atoms with E-state index in [2.05, 4.69) is 5.32 Å². The lowest BCUT2D eigenvalue weighted by Gasteiger charge is -2.19. The van der Waals surface area contributed by atoms with E-state index in [-0.39, 0.29) is 30.2 Å². The highest BCUT2D eigenvalue weighted by molar-refractivity contribution is 6.00. The number of anilines is 1. The van der Waals surface area contributed by atoms with Crippen molar-refractivity contribution in [1.82, 2.24) is 5.32 Å². The smallest absolute Gasteiger partial charge is 0.227 e. The first-order valence-corrected chi connectivity index (χ1v) is 7.81. The van der Waals surface area contributed by atoms with Crippen molar-refractivity contribution in [1.29, 1.82) is 0 Å². The maximum atomic E-state index is 12.3. The fourth-order valence-electron chi connectivity index (χ4n) is 2.78. The zero-order valence-corrected chi connectivity index (χ0v) is 14.5. The lowest BCUT2D eigenvalue weighted by Crippen LogP contribution is -2.40. The zero-order chi connectivity index (χ0) is 17.7. The molecule has 0 aromatic heterocycles. The van der Waals surface area contributed by atoms with Crippen LogP contribution in [0.1, 0.15) is 13.3 Å². The molecule has 7 heteroatoms. The van der Waals surface area contributed by atoms with Crippen LogP contribution in [0.2, 0.25) is 0 Å². The largest absolute Gasteiger partial charge is 0.493 e. The predicted molar refractivity (Wildman–Crippen MR) is 89.5 cm³/mol. The third-order valence-corrected chi connectivity index (χ3v) is 3.98. The molecule has 1 aromatic rings. The number of carbonyl (C=O) groups is 2. The van der Waals surface area contributed by atoms with Crippen LogP contribution >= 0.6 is 0 Å². The maximum absolute atomic E-state index is 12.3. The topological polar surface area (TPSA) is 77.1 Å². The molecule has 2 rings (SSSR count). The highest BCUT2D eigenvalue weighted by atomic mass is 16.5. The number of hydrogen-bond donors (Lipinski definition) is 1. The van der Waals surface area contributed by atoms with Gasteiger partial charge >= 0.3 is 0 Å². The average Bonchev–Trinajstić information content (AvgIpc) is 2.96. The van der Waals surface area contributed by atoms with E-state index in [1.54, 1.807) is 44.4 Å². The van der Waals surface area contributed by atoms with E-state index in [4.69, 9.17) is 14.2 Å². The number of rotatable bonds is 7. The second kappa shape index (κ2) is 8.01. The van der Waals surface area contributed by atoms with Crippen LogP contribution in [-0.2, 0) is 14.3 Å². The molecule has 0 aliphatic carbocycles. The molecule has 7 nitrogen and oxygen atoms in total. The Hall–Kier alpha value is -2.28. The SMILES string of the molecule is COC[C@H](C)NC(=O)[C@H]1CC(=O)N(c2ccc(OC)c(OC)c2)C1. The summed E-state index contributed by atoms with van der Waals surface area (Å²) in [5.74, 6) is 0.558. The fourth-order valence-corrected chi connectivity index (χ4v) is 2.78. The summed E-state index contributed by atoms with van der Waals surface area (Å²) in [6.07, 6.45) is 0.194. The Morgan fingerprint density at radius 1 is 1.29 bits per heavy atom. The molecule has 1 aliphatic heterocycles. The van der Waals surface area contributed by atoms with E-state index in [1.807, 2.05) is 6.92 Å². The van der Waals surface area contributed by atoms with Gasteiger partial charge in [-0.05, 0) is 19.1 Å². The summed E-state index contributed by atoms with van der Waals surface area (Å²) >= 11 is 0. The van der Waals surface area contributed by atoms with Crippen molar-refractivity contribution >= 4 is 17.5 Å². The molecule has 2 atom stereocenters. The number of ether oxygens (including phenoxy) is 3. The van der Waals surface area contributed by atoms with Gasteiger partial charge in [-0.2, -0.15) is 0 Å². The van der Waals surface area contributed by atoms with Gasteiger partial charge in [0.2, 0.25) is 11.8 Å². The van der Waals surface area contributed by atoms with Crippen molar-refractivity contribution < 1.29 is 23.8 Å². The number of carbonyl (C=O) groups excluding carboxylic acids is 2. The minimum absolute atomic E-state index is 0.0817. The first-order chi connectivity index (χ1) is 11.5.